The number of amides is 1. The fourth-order valence-corrected chi connectivity index (χ4v) is 3.60. The van der Waals surface area contributed by atoms with Gasteiger partial charge in [0.2, 0.25) is 0 Å². The lowest BCUT2D eigenvalue weighted by Crippen LogP contribution is -2.21. The predicted molar refractivity (Wildman–Crippen MR) is 124 cm³/mol. The molecule has 0 aliphatic rings. The SMILES string of the molecule is O=C(NO)c1c(OC/C(=N/O)c2ccc(-c3ccc(Cl)cc3)cc2)ccc2ccccc12. The zero-order valence-corrected chi connectivity index (χ0v) is 17.6. The largest absolute Gasteiger partial charge is 0.486 e. The number of ether oxygens (including phenoxy) is 1. The first-order valence-corrected chi connectivity index (χ1v) is 10.1. The van der Waals surface area contributed by atoms with E-state index in [0.717, 1.165) is 16.5 Å². The van der Waals surface area contributed by atoms with Crippen molar-refractivity contribution in [1.29, 1.82) is 0 Å². The maximum Gasteiger partial charge on any atom is 0.279 e. The Morgan fingerprint density at radius 1 is 0.906 bits per heavy atom. The number of nitrogens with zero attached hydrogens (tertiary/aromatic N) is 1. The maximum atomic E-state index is 12.3. The van der Waals surface area contributed by atoms with Crippen LogP contribution in [-0.4, -0.2) is 28.6 Å². The second kappa shape index (κ2) is 9.51. The van der Waals surface area contributed by atoms with Gasteiger partial charge in [0.05, 0.1) is 5.56 Å². The minimum atomic E-state index is -0.688. The Labute approximate surface area is 189 Å². The van der Waals surface area contributed by atoms with Crippen molar-refractivity contribution in [1.82, 2.24) is 5.48 Å². The van der Waals surface area contributed by atoms with E-state index in [1.807, 2.05) is 66.7 Å². The average molecular weight is 447 g/mol. The molecule has 0 spiro atoms. The van der Waals surface area contributed by atoms with Gasteiger partial charge in [-0.05, 0) is 40.1 Å². The van der Waals surface area contributed by atoms with Gasteiger partial charge in [-0.15, -0.1) is 0 Å². The summed E-state index contributed by atoms with van der Waals surface area (Å²) in [7, 11) is 0. The van der Waals surface area contributed by atoms with E-state index in [1.54, 1.807) is 23.7 Å². The van der Waals surface area contributed by atoms with Crippen LogP contribution in [0.5, 0.6) is 5.75 Å². The molecular weight excluding hydrogens is 428 g/mol. The first-order valence-electron chi connectivity index (χ1n) is 9.77. The number of fused-ring (bicyclic) bond motifs is 1. The number of hydroxylamine groups is 1. The van der Waals surface area contributed by atoms with E-state index in [0.29, 0.717) is 16.0 Å². The number of rotatable bonds is 6. The van der Waals surface area contributed by atoms with Crippen molar-refractivity contribution in [2.24, 2.45) is 5.16 Å². The Morgan fingerprint density at radius 3 is 2.22 bits per heavy atom. The number of oxime groups is 1. The molecule has 0 saturated carbocycles. The summed E-state index contributed by atoms with van der Waals surface area (Å²) in [5, 5.41) is 24.2. The summed E-state index contributed by atoms with van der Waals surface area (Å²) in [6.07, 6.45) is 0. The van der Waals surface area contributed by atoms with Gasteiger partial charge in [-0.2, -0.15) is 0 Å². The highest BCUT2D eigenvalue weighted by atomic mass is 35.5. The van der Waals surface area contributed by atoms with Crippen LogP contribution in [0.3, 0.4) is 0 Å². The van der Waals surface area contributed by atoms with Crippen molar-refractivity contribution < 1.29 is 19.9 Å². The van der Waals surface area contributed by atoms with Crippen LogP contribution in [0.1, 0.15) is 15.9 Å². The summed E-state index contributed by atoms with van der Waals surface area (Å²) in [4.78, 5) is 12.3. The van der Waals surface area contributed by atoms with E-state index >= 15 is 0 Å². The summed E-state index contributed by atoms with van der Waals surface area (Å²) < 4.78 is 5.83. The molecular formula is C25H19ClN2O4. The lowest BCUT2D eigenvalue weighted by molar-refractivity contribution is 0.0704. The van der Waals surface area contributed by atoms with Gasteiger partial charge in [-0.1, -0.05) is 83.5 Å². The van der Waals surface area contributed by atoms with Crippen LogP contribution in [0.2, 0.25) is 5.02 Å². The second-order valence-corrected chi connectivity index (χ2v) is 7.46. The Morgan fingerprint density at radius 2 is 1.56 bits per heavy atom. The quantitative estimate of drug-likeness (QED) is 0.157. The van der Waals surface area contributed by atoms with Crippen LogP contribution in [0.25, 0.3) is 21.9 Å². The van der Waals surface area contributed by atoms with E-state index in [4.69, 9.17) is 16.3 Å². The summed E-state index contributed by atoms with van der Waals surface area (Å²) in [6, 6.07) is 25.7. The zero-order valence-electron chi connectivity index (χ0n) is 16.8. The lowest BCUT2D eigenvalue weighted by atomic mass is 10.0. The number of hydrogen-bond acceptors (Lipinski definition) is 5. The van der Waals surface area contributed by atoms with Crippen LogP contribution in [-0.2, 0) is 0 Å². The van der Waals surface area contributed by atoms with Crippen LogP contribution in [0.15, 0.2) is 90.1 Å². The highest BCUT2D eigenvalue weighted by molar-refractivity contribution is 6.30. The first-order chi connectivity index (χ1) is 15.6. The van der Waals surface area contributed by atoms with Crippen molar-refractivity contribution in [3.8, 4) is 16.9 Å². The minimum Gasteiger partial charge on any atom is -0.486 e. The average Bonchev–Trinajstić information content (AvgIpc) is 2.84. The van der Waals surface area contributed by atoms with Crippen molar-refractivity contribution in [2.75, 3.05) is 6.61 Å². The third-order valence-corrected chi connectivity index (χ3v) is 5.35. The highest BCUT2D eigenvalue weighted by Gasteiger charge is 2.17. The summed E-state index contributed by atoms with van der Waals surface area (Å²) in [6.45, 7) is -0.0825. The molecule has 0 saturated heterocycles. The molecule has 0 aliphatic heterocycles. The fourth-order valence-electron chi connectivity index (χ4n) is 3.48. The molecule has 0 bridgehead atoms. The van der Waals surface area contributed by atoms with Gasteiger partial charge in [0.15, 0.2) is 0 Å². The summed E-state index contributed by atoms with van der Waals surface area (Å²) in [5.41, 5.74) is 4.81. The molecule has 0 aromatic heterocycles. The van der Waals surface area contributed by atoms with Gasteiger partial charge < -0.3 is 9.94 Å². The molecule has 160 valence electrons. The second-order valence-electron chi connectivity index (χ2n) is 7.02. The molecule has 0 aliphatic carbocycles. The number of hydrogen-bond donors (Lipinski definition) is 3. The maximum absolute atomic E-state index is 12.3. The monoisotopic (exact) mass is 446 g/mol. The zero-order chi connectivity index (χ0) is 22.5. The molecule has 0 atom stereocenters. The Balaban J connectivity index is 1.57. The first kappa shape index (κ1) is 21.4. The molecule has 1 amide bonds. The van der Waals surface area contributed by atoms with E-state index < -0.39 is 5.91 Å². The molecule has 0 heterocycles. The van der Waals surface area contributed by atoms with Crippen LogP contribution in [0.4, 0.5) is 0 Å². The smallest absolute Gasteiger partial charge is 0.279 e. The molecule has 0 fully saturated rings. The molecule has 4 aromatic rings. The Bertz CT molecular complexity index is 1290. The van der Waals surface area contributed by atoms with Crippen LogP contribution < -0.4 is 10.2 Å². The van der Waals surface area contributed by atoms with Gasteiger partial charge in [0.1, 0.15) is 18.1 Å². The van der Waals surface area contributed by atoms with Crippen molar-refractivity contribution in [2.45, 2.75) is 0 Å². The van der Waals surface area contributed by atoms with Gasteiger partial charge in [0.25, 0.3) is 5.91 Å². The summed E-state index contributed by atoms with van der Waals surface area (Å²) >= 11 is 5.95. The standard InChI is InChI=1S/C25H19ClN2O4/c26-20-12-9-17(10-13-20)16-5-7-19(8-6-16)22(27-30)15-32-23-14-11-18-3-1-2-4-21(18)24(23)25(29)28-31/h1-14,30-31H,15H2,(H,28,29)/b27-22-. The molecule has 7 heteroatoms. The number of benzene rings is 4. The lowest BCUT2D eigenvalue weighted by Gasteiger charge is -2.14. The van der Waals surface area contributed by atoms with E-state index in [2.05, 4.69) is 5.16 Å². The summed E-state index contributed by atoms with van der Waals surface area (Å²) in [5.74, 6) is -0.430. The van der Waals surface area contributed by atoms with E-state index in [9.17, 15) is 15.2 Å². The topological polar surface area (TPSA) is 91.2 Å². The van der Waals surface area contributed by atoms with Gasteiger partial charge in [0, 0.05) is 10.6 Å². The van der Waals surface area contributed by atoms with Crippen molar-refractivity contribution in [3.05, 3.63) is 101 Å². The van der Waals surface area contributed by atoms with E-state index in [1.165, 1.54) is 0 Å². The molecule has 32 heavy (non-hydrogen) atoms. The number of nitrogens with one attached hydrogen (secondary N) is 1. The Kier molecular flexibility index (Phi) is 6.35. The van der Waals surface area contributed by atoms with Crippen molar-refractivity contribution in [3.63, 3.8) is 0 Å². The normalized spacial score (nSPS) is 11.4. The minimum absolute atomic E-state index is 0.0825. The number of carbonyl (C=O) groups is 1. The predicted octanol–water partition coefficient (Wildman–Crippen LogP) is 5.54. The van der Waals surface area contributed by atoms with Crippen LogP contribution in [0, 0.1) is 0 Å². The highest BCUT2D eigenvalue weighted by Crippen LogP contribution is 2.28. The van der Waals surface area contributed by atoms with Gasteiger partial charge in [-0.3, -0.25) is 10.0 Å². The molecule has 0 radical (unpaired) electrons. The molecule has 4 rings (SSSR count). The Hall–Kier alpha value is -3.87. The molecule has 0 unspecified atom stereocenters. The third kappa shape index (κ3) is 4.42. The van der Waals surface area contributed by atoms with Gasteiger partial charge >= 0.3 is 0 Å². The molecule has 3 N–H and O–H groups in total. The van der Waals surface area contributed by atoms with Gasteiger partial charge in [-0.25, -0.2) is 5.48 Å². The molecule has 4 aromatic carbocycles. The number of halogens is 1. The fraction of sp³-hybridized carbons (Fsp3) is 0.0400. The van der Waals surface area contributed by atoms with Crippen LogP contribution >= 0.6 is 11.6 Å². The third-order valence-electron chi connectivity index (χ3n) is 5.10. The van der Waals surface area contributed by atoms with Crippen molar-refractivity contribution >= 4 is 34.0 Å². The van der Waals surface area contributed by atoms with E-state index in [-0.39, 0.29) is 23.6 Å². The molecule has 6 nitrogen and oxygen atoms in total. The number of carbonyl (C=O) groups excluding carboxylic acids is 1.